The molecule has 0 aliphatic carbocycles. The van der Waals surface area contributed by atoms with Crippen molar-refractivity contribution in [2.75, 3.05) is 0 Å². The first-order valence-corrected chi connectivity index (χ1v) is 6.17. The number of rotatable bonds is 1. The average Bonchev–Trinajstić information content (AvgIpc) is 2.73. The molecule has 0 atom stereocenters. The fraction of sp³-hybridized carbons (Fsp3) is 0. The molecule has 2 heterocycles. The molecule has 0 N–H and O–H groups in total. The van der Waals surface area contributed by atoms with Gasteiger partial charge in [0.1, 0.15) is 0 Å². The van der Waals surface area contributed by atoms with Crippen molar-refractivity contribution in [2.45, 2.75) is 0 Å². The molecule has 0 amide bonds. The highest BCUT2D eigenvalue weighted by molar-refractivity contribution is 9.10. The van der Waals surface area contributed by atoms with Crippen LogP contribution in [0.1, 0.15) is 0 Å². The summed E-state index contributed by atoms with van der Waals surface area (Å²) in [7, 11) is 0. The minimum atomic E-state index is 0.563. The summed E-state index contributed by atoms with van der Waals surface area (Å²) in [4.78, 5) is 4.29. The van der Waals surface area contributed by atoms with Crippen molar-refractivity contribution in [3.8, 4) is 5.82 Å². The largest absolute Gasteiger partial charge is 0.235 e. The van der Waals surface area contributed by atoms with Crippen molar-refractivity contribution in [2.24, 2.45) is 0 Å². The van der Waals surface area contributed by atoms with E-state index in [1.165, 1.54) is 0 Å². The molecule has 0 bridgehead atoms. The van der Waals surface area contributed by atoms with Crippen molar-refractivity contribution < 1.29 is 0 Å². The SMILES string of the molecule is Clc1cc(Br)cnc1-n1ncc2ccccc21. The number of benzene rings is 1. The van der Waals surface area contributed by atoms with Crippen LogP contribution in [0.2, 0.25) is 5.02 Å². The Kier molecular flexibility index (Phi) is 2.61. The fourth-order valence-corrected chi connectivity index (χ4v) is 2.41. The molecule has 0 aliphatic rings. The van der Waals surface area contributed by atoms with Crippen LogP contribution in [-0.2, 0) is 0 Å². The molecule has 0 aliphatic heterocycles. The molecule has 84 valence electrons. The molecule has 0 radical (unpaired) electrons. The Morgan fingerprint density at radius 2 is 2.00 bits per heavy atom. The first kappa shape index (κ1) is 10.7. The Labute approximate surface area is 111 Å². The standard InChI is InChI=1S/C12H7BrClN3/c13-9-5-10(14)12(15-7-9)17-11-4-2-1-3-8(11)6-16-17/h1-7H. The zero-order valence-electron chi connectivity index (χ0n) is 8.64. The van der Waals surface area contributed by atoms with Crippen LogP contribution in [0.5, 0.6) is 0 Å². The van der Waals surface area contributed by atoms with Gasteiger partial charge in [-0.2, -0.15) is 5.10 Å². The summed E-state index contributed by atoms with van der Waals surface area (Å²) in [5.74, 6) is 0.635. The van der Waals surface area contributed by atoms with E-state index in [-0.39, 0.29) is 0 Å². The first-order valence-electron chi connectivity index (χ1n) is 5.00. The van der Waals surface area contributed by atoms with Gasteiger partial charge >= 0.3 is 0 Å². The predicted molar refractivity (Wildman–Crippen MR) is 71.6 cm³/mol. The van der Waals surface area contributed by atoms with Crippen molar-refractivity contribution >= 4 is 38.4 Å². The quantitative estimate of drug-likeness (QED) is 0.684. The zero-order chi connectivity index (χ0) is 11.8. The maximum absolute atomic E-state index is 6.17. The van der Waals surface area contributed by atoms with E-state index in [1.54, 1.807) is 23.1 Å². The minimum absolute atomic E-state index is 0.563. The minimum Gasteiger partial charge on any atom is -0.235 e. The Morgan fingerprint density at radius 3 is 2.82 bits per heavy atom. The molecule has 17 heavy (non-hydrogen) atoms. The van der Waals surface area contributed by atoms with E-state index >= 15 is 0 Å². The highest BCUT2D eigenvalue weighted by Crippen LogP contribution is 2.24. The summed E-state index contributed by atoms with van der Waals surface area (Å²) < 4.78 is 2.59. The normalized spacial score (nSPS) is 10.9. The van der Waals surface area contributed by atoms with E-state index < -0.39 is 0 Å². The third-order valence-corrected chi connectivity index (χ3v) is 3.18. The Hall–Kier alpha value is -1.39. The van der Waals surface area contributed by atoms with E-state index in [0.29, 0.717) is 10.8 Å². The summed E-state index contributed by atoms with van der Waals surface area (Å²) in [5, 5.41) is 5.94. The van der Waals surface area contributed by atoms with Gasteiger partial charge in [-0.05, 0) is 28.1 Å². The third kappa shape index (κ3) is 1.83. The van der Waals surface area contributed by atoms with E-state index in [1.807, 2.05) is 24.3 Å². The second-order valence-corrected chi connectivity index (χ2v) is 4.90. The van der Waals surface area contributed by atoms with Gasteiger partial charge in [-0.15, -0.1) is 0 Å². The Morgan fingerprint density at radius 1 is 1.18 bits per heavy atom. The maximum Gasteiger partial charge on any atom is 0.172 e. The van der Waals surface area contributed by atoms with Crippen LogP contribution < -0.4 is 0 Å². The molecule has 0 unspecified atom stereocenters. The predicted octanol–water partition coefficient (Wildman–Crippen LogP) is 3.84. The lowest BCUT2D eigenvalue weighted by atomic mass is 10.2. The third-order valence-electron chi connectivity index (χ3n) is 2.47. The number of aromatic nitrogens is 3. The fourth-order valence-electron chi connectivity index (χ4n) is 1.70. The summed E-state index contributed by atoms with van der Waals surface area (Å²) in [6.45, 7) is 0. The van der Waals surface area contributed by atoms with E-state index in [0.717, 1.165) is 15.4 Å². The van der Waals surface area contributed by atoms with E-state index in [4.69, 9.17) is 11.6 Å². The van der Waals surface area contributed by atoms with Crippen LogP contribution in [0.15, 0.2) is 47.2 Å². The number of hydrogen-bond acceptors (Lipinski definition) is 2. The number of fused-ring (bicyclic) bond motifs is 1. The Balaban J connectivity index is 2.27. The Bertz CT molecular complexity index is 693. The molecule has 3 aromatic rings. The highest BCUT2D eigenvalue weighted by atomic mass is 79.9. The lowest BCUT2D eigenvalue weighted by Gasteiger charge is -2.04. The summed E-state index contributed by atoms with van der Waals surface area (Å²) in [6.07, 6.45) is 3.51. The number of hydrogen-bond donors (Lipinski definition) is 0. The second kappa shape index (κ2) is 4.13. The van der Waals surface area contributed by atoms with E-state index in [2.05, 4.69) is 26.0 Å². The first-order chi connectivity index (χ1) is 8.25. The highest BCUT2D eigenvalue weighted by Gasteiger charge is 2.09. The lowest BCUT2D eigenvalue weighted by Crippen LogP contribution is -1.99. The summed E-state index contributed by atoms with van der Waals surface area (Å²) in [5.41, 5.74) is 0.990. The topological polar surface area (TPSA) is 30.7 Å². The van der Waals surface area contributed by atoms with Crippen LogP contribution in [0.25, 0.3) is 16.7 Å². The molecule has 3 nitrogen and oxygen atoms in total. The molecule has 0 fully saturated rings. The number of para-hydroxylation sites is 1. The van der Waals surface area contributed by atoms with Gasteiger partial charge in [0.2, 0.25) is 0 Å². The van der Waals surface area contributed by atoms with Crippen LogP contribution in [-0.4, -0.2) is 14.8 Å². The monoisotopic (exact) mass is 307 g/mol. The van der Waals surface area contributed by atoms with E-state index in [9.17, 15) is 0 Å². The van der Waals surface area contributed by atoms with Crippen molar-refractivity contribution in [1.82, 2.24) is 14.8 Å². The van der Waals surface area contributed by atoms with Gasteiger partial charge < -0.3 is 0 Å². The molecule has 0 spiro atoms. The van der Waals surface area contributed by atoms with Crippen LogP contribution in [0.4, 0.5) is 0 Å². The van der Waals surface area contributed by atoms with Gasteiger partial charge in [-0.25, -0.2) is 9.67 Å². The van der Waals surface area contributed by atoms with Crippen molar-refractivity contribution in [1.29, 1.82) is 0 Å². The zero-order valence-corrected chi connectivity index (χ0v) is 11.0. The van der Waals surface area contributed by atoms with Crippen LogP contribution in [0.3, 0.4) is 0 Å². The van der Waals surface area contributed by atoms with Gasteiger partial charge in [0, 0.05) is 16.1 Å². The number of nitrogens with zero attached hydrogens (tertiary/aromatic N) is 3. The molecule has 2 aromatic heterocycles. The molecule has 0 saturated heterocycles. The summed E-state index contributed by atoms with van der Waals surface area (Å²) >= 11 is 9.50. The van der Waals surface area contributed by atoms with Gasteiger partial charge in [0.15, 0.2) is 5.82 Å². The molecular weight excluding hydrogens is 302 g/mol. The van der Waals surface area contributed by atoms with Gasteiger partial charge in [0.25, 0.3) is 0 Å². The molecule has 1 aromatic carbocycles. The molecule has 0 saturated carbocycles. The van der Waals surface area contributed by atoms with Crippen LogP contribution in [0, 0.1) is 0 Å². The van der Waals surface area contributed by atoms with Crippen molar-refractivity contribution in [3.63, 3.8) is 0 Å². The second-order valence-electron chi connectivity index (χ2n) is 3.57. The van der Waals surface area contributed by atoms with Crippen molar-refractivity contribution in [3.05, 3.63) is 52.2 Å². The van der Waals surface area contributed by atoms with Crippen LogP contribution >= 0.6 is 27.5 Å². The average molecular weight is 309 g/mol. The van der Waals surface area contributed by atoms with Gasteiger partial charge in [0.05, 0.1) is 16.7 Å². The maximum atomic E-state index is 6.17. The van der Waals surface area contributed by atoms with Gasteiger partial charge in [-0.1, -0.05) is 29.8 Å². The molecule has 5 heteroatoms. The summed E-state index contributed by atoms with van der Waals surface area (Å²) in [6, 6.07) is 9.74. The number of halogens is 2. The molecule has 3 rings (SSSR count). The van der Waals surface area contributed by atoms with Gasteiger partial charge in [-0.3, -0.25) is 0 Å². The molecular formula is C12H7BrClN3. The lowest BCUT2D eigenvalue weighted by molar-refractivity contribution is 0.874. The number of pyridine rings is 1. The smallest absolute Gasteiger partial charge is 0.172 e.